The molecule has 0 fully saturated rings. The molecule has 0 aliphatic rings. The van der Waals surface area contributed by atoms with Crippen LogP contribution in [0.5, 0.6) is 0 Å². The second-order valence-electron chi connectivity index (χ2n) is 5.84. The van der Waals surface area contributed by atoms with E-state index in [-0.39, 0.29) is 23.6 Å². The Bertz CT molecular complexity index is 882. The quantitative estimate of drug-likeness (QED) is 0.709. The first-order chi connectivity index (χ1) is 12.6. The van der Waals surface area contributed by atoms with Crippen molar-refractivity contribution >= 4 is 23.2 Å². The van der Waals surface area contributed by atoms with E-state index in [9.17, 15) is 9.59 Å². The van der Waals surface area contributed by atoms with Crippen LogP contribution in [-0.2, 0) is 4.79 Å². The third kappa shape index (κ3) is 4.00. The van der Waals surface area contributed by atoms with E-state index in [1.807, 2.05) is 6.92 Å². The maximum absolute atomic E-state index is 12.4. The van der Waals surface area contributed by atoms with Gasteiger partial charge in [0.2, 0.25) is 5.91 Å². The van der Waals surface area contributed by atoms with Crippen LogP contribution in [0.4, 0.5) is 11.4 Å². The van der Waals surface area contributed by atoms with Crippen molar-refractivity contribution in [3.8, 4) is 0 Å². The molecule has 0 unspecified atom stereocenters. The van der Waals surface area contributed by atoms with E-state index in [1.54, 1.807) is 66.5 Å². The number of carbonyl (C=O) groups excluding carboxylic acids is 2. The zero-order valence-corrected chi connectivity index (χ0v) is 14.6. The molecule has 0 aliphatic carbocycles. The molecule has 0 saturated heterocycles. The number of hydrogen-bond acceptors (Lipinski definition) is 4. The van der Waals surface area contributed by atoms with Crippen LogP contribution in [0.1, 0.15) is 35.7 Å². The molecule has 7 nitrogen and oxygen atoms in total. The number of anilines is 2. The Kier molecular flexibility index (Phi) is 5.17. The summed E-state index contributed by atoms with van der Waals surface area (Å²) in [4.78, 5) is 24.5. The normalized spacial score (nSPS) is 11.8. The highest BCUT2D eigenvalue weighted by atomic mass is 16.3. The number of carbonyl (C=O) groups is 2. The highest BCUT2D eigenvalue weighted by Crippen LogP contribution is 2.18. The summed E-state index contributed by atoms with van der Waals surface area (Å²) >= 11 is 0. The molecule has 26 heavy (non-hydrogen) atoms. The van der Waals surface area contributed by atoms with Gasteiger partial charge in [0, 0.05) is 23.8 Å². The molecule has 3 rings (SSSR count). The van der Waals surface area contributed by atoms with E-state index >= 15 is 0 Å². The van der Waals surface area contributed by atoms with Crippen molar-refractivity contribution in [3.63, 3.8) is 0 Å². The second kappa shape index (κ2) is 7.69. The fourth-order valence-corrected chi connectivity index (χ4v) is 2.57. The average Bonchev–Trinajstić information content (AvgIpc) is 3.29. The van der Waals surface area contributed by atoms with Gasteiger partial charge in [-0.05, 0) is 55.8 Å². The molecule has 7 heteroatoms. The first kappa shape index (κ1) is 17.5. The lowest BCUT2D eigenvalue weighted by Gasteiger charge is -2.15. The van der Waals surface area contributed by atoms with Gasteiger partial charge in [0.05, 0.1) is 0 Å². The lowest BCUT2D eigenvalue weighted by molar-refractivity contribution is -0.119. The van der Waals surface area contributed by atoms with Gasteiger partial charge in [-0.2, -0.15) is 5.10 Å². The van der Waals surface area contributed by atoms with Crippen molar-refractivity contribution < 1.29 is 14.0 Å². The highest BCUT2D eigenvalue weighted by Gasteiger charge is 2.18. The van der Waals surface area contributed by atoms with Crippen molar-refractivity contribution in [1.82, 2.24) is 9.78 Å². The van der Waals surface area contributed by atoms with Gasteiger partial charge in [0.15, 0.2) is 5.76 Å². The van der Waals surface area contributed by atoms with E-state index in [4.69, 9.17) is 4.42 Å². The number of amides is 2. The lowest BCUT2D eigenvalue weighted by Crippen LogP contribution is -2.25. The first-order valence-corrected chi connectivity index (χ1v) is 8.34. The number of furan rings is 1. The fraction of sp³-hybridized carbons (Fsp3) is 0.211. The van der Waals surface area contributed by atoms with Gasteiger partial charge in [-0.25, -0.2) is 0 Å². The summed E-state index contributed by atoms with van der Waals surface area (Å²) in [6.45, 7) is 3.71. The molecule has 2 aromatic heterocycles. The molecule has 0 bridgehead atoms. The van der Waals surface area contributed by atoms with Crippen LogP contribution >= 0.6 is 0 Å². The maximum Gasteiger partial charge on any atom is 0.291 e. The van der Waals surface area contributed by atoms with Gasteiger partial charge in [-0.3, -0.25) is 14.3 Å². The van der Waals surface area contributed by atoms with E-state index in [2.05, 4.69) is 15.7 Å². The maximum atomic E-state index is 12.4. The van der Waals surface area contributed by atoms with Gasteiger partial charge in [-0.1, -0.05) is 6.92 Å². The summed E-state index contributed by atoms with van der Waals surface area (Å²) in [6.07, 6.45) is 4.04. The molecule has 0 saturated carbocycles. The van der Waals surface area contributed by atoms with Crippen molar-refractivity contribution in [2.24, 2.45) is 0 Å². The predicted octanol–water partition coefficient (Wildman–Crippen LogP) is 3.63. The Morgan fingerprint density at radius 3 is 2.35 bits per heavy atom. The molecule has 0 spiro atoms. The van der Waals surface area contributed by atoms with Crippen LogP contribution in [0.2, 0.25) is 0 Å². The topological polar surface area (TPSA) is 89.2 Å². The summed E-state index contributed by atoms with van der Waals surface area (Å²) in [7, 11) is 0. The highest BCUT2D eigenvalue weighted by molar-refractivity contribution is 6.02. The van der Waals surface area contributed by atoms with Gasteiger partial charge in [0.1, 0.15) is 11.8 Å². The number of hydrogen-bond donors (Lipinski definition) is 2. The smallest absolute Gasteiger partial charge is 0.291 e. The molecular formula is C19H20N4O3. The average molecular weight is 352 g/mol. The molecule has 0 aliphatic heterocycles. The number of rotatable bonds is 6. The van der Waals surface area contributed by atoms with Crippen LogP contribution in [0.15, 0.2) is 59.3 Å². The Hall–Kier alpha value is -3.35. The summed E-state index contributed by atoms with van der Waals surface area (Å²) in [5.41, 5.74) is 1.26. The van der Waals surface area contributed by atoms with Crippen LogP contribution in [0.3, 0.4) is 0 Å². The van der Waals surface area contributed by atoms with Gasteiger partial charge in [-0.15, -0.1) is 0 Å². The third-order valence-electron chi connectivity index (χ3n) is 3.91. The summed E-state index contributed by atoms with van der Waals surface area (Å²) in [6, 6.07) is 11.7. The Labute approximate surface area is 151 Å². The van der Waals surface area contributed by atoms with E-state index in [1.165, 1.54) is 0 Å². The lowest BCUT2D eigenvalue weighted by atomic mass is 10.2. The molecule has 2 amide bonds. The Morgan fingerprint density at radius 1 is 1.12 bits per heavy atom. The minimum Gasteiger partial charge on any atom is -0.456 e. The minimum atomic E-state index is -0.369. The summed E-state index contributed by atoms with van der Waals surface area (Å²) in [5, 5.41) is 9.74. The molecule has 0 radical (unpaired) electrons. The van der Waals surface area contributed by atoms with Crippen LogP contribution < -0.4 is 10.6 Å². The number of benzene rings is 1. The zero-order chi connectivity index (χ0) is 18.5. The van der Waals surface area contributed by atoms with Crippen molar-refractivity contribution in [2.45, 2.75) is 26.3 Å². The molecule has 3 aromatic rings. The molecule has 1 aromatic carbocycles. The fourth-order valence-electron chi connectivity index (χ4n) is 2.57. The van der Waals surface area contributed by atoms with Gasteiger partial charge in [0.25, 0.3) is 5.91 Å². The SMILES string of the molecule is CC[C@H](C(=O)Nc1ccc(NC(=O)c2ccc(C)o2)cc1)n1cccn1. The standard InChI is InChI=1S/C19H20N4O3/c1-3-16(23-12-4-11-20-23)18(24)21-14-6-8-15(9-7-14)22-19(25)17-10-5-13(2)26-17/h4-12,16H,3H2,1-2H3,(H,21,24)(H,22,25)/t16-/m1/s1. The summed E-state index contributed by atoms with van der Waals surface area (Å²) in [5.74, 6) is 0.472. The Morgan fingerprint density at radius 2 is 1.81 bits per heavy atom. The van der Waals surface area contributed by atoms with E-state index < -0.39 is 0 Å². The molecule has 2 N–H and O–H groups in total. The Balaban J connectivity index is 1.62. The minimum absolute atomic E-state index is 0.140. The largest absolute Gasteiger partial charge is 0.456 e. The van der Waals surface area contributed by atoms with Crippen LogP contribution in [0.25, 0.3) is 0 Å². The zero-order valence-electron chi connectivity index (χ0n) is 14.6. The number of nitrogens with zero attached hydrogens (tertiary/aromatic N) is 2. The molecule has 1 atom stereocenters. The van der Waals surface area contributed by atoms with Gasteiger partial charge >= 0.3 is 0 Å². The number of nitrogens with one attached hydrogen (secondary N) is 2. The predicted molar refractivity (Wildman–Crippen MR) is 98.0 cm³/mol. The van der Waals surface area contributed by atoms with Crippen LogP contribution in [-0.4, -0.2) is 21.6 Å². The number of aryl methyl sites for hydroxylation is 1. The first-order valence-electron chi connectivity index (χ1n) is 8.34. The van der Waals surface area contributed by atoms with Crippen molar-refractivity contribution in [2.75, 3.05) is 10.6 Å². The van der Waals surface area contributed by atoms with Crippen LogP contribution in [0, 0.1) is 6.92 Å². The summed E-state index contributed by atoms with van der Waals surface area (Å²) < 4.78 is 6.92. The van der Waals surface area contributed by atoms with Gasteiger partial charge < -0.3 is 15.1 Å². The number of aromatic nitrogens is 2. The third-order valence-corrected chi connectivity index (χ3v) is 3.91. The molecular weight excluding hydrogens is 332 g/mol. The van der Waals surface area contributed by atoms with E-state index in [0.717, 1.165) is 0 Å². The molecule has 2 heterocycles. The second-order valence-corrected chi connectivity index (χ2v) is 5.84. The van der Waals surface area contributed by atoms with Crippen molar-refractivity contribution in [1.29, 1.82) is 0 Å². The molecule has 134 valence electrons. The van der Waals surface area contributed by atoms with Crippen molar-refractivity contribution in [3.05, 3.63) is 66.4 Å². The monoisotopic (exact) mass is 352 g/mol. The van der Waals surface area contributed by atoms with E-state index in [0.29, 0.717) is 23.6 Å².